The SMILES string of the molecule is CNc1cnn(CC2=CC(C)(F)C(OC)C(F)=C2)c1. The summed E-state index contributed by atoms with van der Waals surface area (Å²) in [5.74, 6) is -0.606. The van der Waals surface area contributed by atoms with E-state index >= 15 is 0 Å². The molecule has 0 bridgehead atoms. The fraction of sp³-hybridized carbons (Fsp3) is 0.462. The third-order valence-electron chi connectivity index (χ3n) is 3.06. The number of anilines is 1. The zero-order chi connectivity index (χ0) is 14.0. The maximum atomic E-state index is 14.3. The molecule has 2 atom stereocenters. The molecule has 0 spiro atoms. The van der Waals surface area contributed by atoms with Crippen LogP contribution in [0.15, 0.2) is 35.9 Å². The van der Waals surface area contributed by atoms with Crippen LogP contribution in [0.3, 0.4) is 0 Å². The summed E-state index contributed by atoms with van der Waals surface area (Å²) in [7, 11) is 3.07. The van der Waals surface area contributed by atoms with Gasteiger partial charge in [0, 0.05) is 20.4 Å². The lowest BCUT2D eigenvalue weighted by Gasteiger charge is -2.29. The molecule has 1 aromatic heterocycles. The first kappa shape index (κ1) is 13.7. The summed E-state index contributed by atoms with van der Waals surface area (Å²) in [4.78, 5) is 0. The van der Waals surface area contributed by atoms with E-state index in [1.165, 1.54) is 26.2 Å². The number of hydrogen-bond acceptors (Lipinski definition) is 3. The van der Waals surface area contributed by atoms with Crippen LogP contribution in [0, 0.1) is 0 Å². The number of alkyl halides is 1. The number of nitrogens with one attached hydrogen (secondary N) is 1. The molecule has 1 aromatic rings. The van der Waals surface area contributed by atoms with Crippen LogP contribution in [-0.4, -0.2) is 35.7 Å². The van der Waals surface area contributed by atoms with E-state index in [2.05, 4.69) is 10.4 Å². The number of halogens is 2. The second-order valence-corrected chi connectivity index (χ2v) is 4.69. The Hall–Kier alpha value is -1.69. The van der Waals surface area contributed by atoms with Crippen molar-refractivity contribution >= 4 is 5.69 Å². The molecule has 0 radical (unpaired) electrons. The number of aromatic nitrogens is 2. The lowest BCUT2D eigenvalue weighted by molar-refractivity contribution is 0.00865. The van der Waals surface area contributed by atoms with Crippen molar-refractivity contribution < 1.29 is 13.5 Å². The Morgan fingerprint density at radius 1 is 1.58 bits per heavy atom. The van der Waals surface area contributed by atoms with Crippen molar-refractivity contribution in [2.45, 2.75) is 25.2 Å². The lowest BCUT2D eigenvalue weighted by Crippen LogP contribution is -2.37. The fourth-order valence-electron chi connectivity index (χ4n) is 2.20. The third kappa shape index (κ3) is 2.84. The summed E-state index contributed by atoms with van der Waals surface area (Å²) in [5.41, 5.74) is -0.484. The quantitative estimate of drug-likeness (QED) is 0.912. The first-order valence-electron chi connectivity index (χ1n) is 5.97. The summed E-state index contributed by atoms with van der Waals surface area (Å²) in [6.07, 6.45) is 4.92. The van der Waals surface area contributed by atoms with E-state index in [1.54, 1.807) is 24.1 Å². The molecule has 0 aliphatic heterocycles. The van der Waals surface area contributed by atoms with Crippen LogP contribution < -0.4 is 5.32 Å². The number of methoxy groups -OCH3 is 1. The van der Waals surface area contributed by atoms with Gasteiger partial charge in [0.2, 0.25) is 0 Å². The Morgan fingerprint density at radius 2 is 2.32 bits per heavy atom. The highest BCUT2D eigenvalue weighted by Crippen LogP contribution is 2.33. The third-order valence-corrected chi connectivity index (χ3v) is 3.06. The molecule has 2 rings (SSSR count). The molecular weight excluding hydrogens is 252 g/mol. The molecule has 1 aliphatic rings. The molecule has 0 saturated heterocycles. The van der Waals surface area contributed by atoms with Crippen LogP contribution in [0.5, 0.6) is 0 Å². The first-order chi connectivity index (χ1) is 8.96. The lowest BCUT2D eigenvalue weighted by atomic mass is 9.91. The molecule has 4 nitrogen and oxygen atoms in total. The molecule has 104 valence electrons. The van der Waals surface area contributed by atoms with Crippen molar-refractivity contribution in [2.24, 2.45) is 0 Å². The zero-order valence-corrected chi connectivity index (χ0v) is 11.2. The van der Waals surface area contributed by atoms with Gasteiger partial charge in [-0.3, -0.25) is 4.68 Å². The Labute approximate surface area is 110 Å². The molecule has 1 aliphatic carbocycles. The van der Waals surface area contributed by atoms with Gasteiger partial charge in [0.1, 0.15) is 11.9 Å². The van der Waals surface area contributed by atoms with Gasteiger partial charge in [-0.2, -0.15) is 5.10 Å². The topological polar surface area (TPSA) is 39.1 Å². The molecule has 0 amide bonds. The highest BCUT2D eigenvalue weighted by atomic mass is 19.2. The summed E-state index contributed by atoms with van der Waals surface area (Å²) in [6, 6.07) is 0. The van der Waals surface area contributed by atoms with Crippen LogP contribution in [0.4, 0.5) is 14.5 Å². The molecular formula is C13H17F2N3O. The van der Waals surface area contributed by atoms with Gasteiger partial charge >= 0.3 is 0 Å². The van der Waals surface area contributed by atoms with Crippen molar-refractivity contribution in [2.75, 3.05) is 19.5 Å². The number of rotatable bonds is 4. The van der Waals surface area contributed by atoms with Crippen LogP contribution >= 0.6 is 0 Å². The number of ether oxygens (including phenoxy) is 1. The van der Waals surface area contributed by atoms with Gasteiger partial charge in [0.25, 0.3) is 0 Å². The minimum atomic E-state index is -1.86. The summed E-state index contributed by atoms with van der Waals surface area (Å²) >= 11 is 0. The molecule has 0 aromatic carbocycles. The fourth-order valence-corrected chi connectivity index (χ4v) is 2.20. The van der Waals surface area contributed by atoms with E-state index in [0.29, 0.717) is 12.1 Å². The Kier molecular flexibility index (Phi) is 3.71. The van der Waals surface area contributed by atoms with Gasteiger partial charge in [0.05, 0.1) is 18.4 Å². The predicted molar refractivity (Wildman–Crippen MR) is 69.4 cm³/mol. The Bertz CT molecular complexity index is 520. The van der Waals surface area contributed by atoms with Crippen LogP contribution in [0.25, 0.3) is 0 Å². The van der Waals surface area contributed by atoms with Crippen LogP contribution in [0.2, 0.25) is 0 Å². The largest absolute Gasteiger partial charge is 0.386 e. The van der Waals surface area contributed by atoms with Gasteiger partial charge in [-0.05, 0) is 24.6 Å². The standard InChI is InChI=1S/C13H17F2N3O/c1-13(15)5-9(4-11(14)12(13)19-3)7-18-8-10(16-2)6-17-18/h4-6,8,12,16H,7H2,1-3H3. The number of hydrogen-bond donors (Lipinski definition) is 1. The molecule has 0 fully saturated rings. The highest BCUT2D eigenvalue weighted by molar-refractivity contribution is 5.38. The van der Waals surface area contributed by atoms with Crippen molar-refractivity contribution in [1.29, 1.82) is 0 Å². The number of allylic oxidation sites excluding steroid dienone is 2. The van der Waals surface area contributed by atoms with Gasteiger partial charge in [-0.25, -0.2) is 8.78 Å². The average molecular weight is 269 g/mol. The van der Waals surface area contributed by atoms with E-state index < -0.39 is 17.6 Å². The summed E-state index contributed by atoms with van der Waals surface area (Å²) in [5, 5.41) is 7.04. The maximum absolute atomic E-state index is 14.3. The second kappa shape index (κ2) is 5.13. The molecule has 6 heteroatoms. The highest BCUT2D eigenvalue weighted by Gasteiger charge is 2.39. The first-order valence-corrected chi connectivity index (χ1v) is 5.97. The van der Waals surface area contributed by atoms with Crippen LogP contribution in [0.1, 0.15) is 6.92 Å². The Balaban J connectivity index is 2.19. The molecule has 0 saturated carbocycles. The summed E-state index contributed by atoms with van der Waals surface area (Å²) in [6.45, 7) is 1.61. The summed E-state index contributed by atoms with van der Waals surface area (Å²) < 4.78 is 34.5. The molecule has 19 heavy (non-hydrogen) atoms. The normalized spacial score (nSPS) is 26.9. The monoisotopic (exact) mass is 269 g/mol. The van der Waals surface area contributed by atoms with Crippen molar-refractivity contribution in [3.05, 3.63) is 35.9 Å². The predicted octanol–water partition coefficient (Wildman–Crippen LogP) is 2.46. The minimum Gasteiger partial charge on any atom is -0.386 e. The Morgan fingerprint density at radius 3 is 2.84 bits per heavy atom. The average Bonchev–Trinajstić information content (AvgIpc) is 2.75. The van der Waals surface area contributed by atoms with Crippen molar-refractivity contribution in [3.63, 3.8) is 0 Å². The van der Waals surface area contributed by atoms with E-state index in [0.717, 1.165) is 5.69 Å². The van der Waals surface area contributed by atoms with Crippen molar-refractivity contribution in [3.8, 4) is 0 Å². The van der Waals surface area contributed by atoms with Crippen LogP contribution in [-0.2, 0) is 11.3 Å². The van der Waals surface area contributed by atoms with Gasteiger partial charge in [0.15, 0.2) is 5.67 Å². The van der Waals surface area contributed by atoms with E-state index in [-0.39, 0.29) is 0 Å². The molecule has 1 heterocycles. The number of nitrogens with zero attached hydrogens (tertiary/aromatic N) is 2. The maximum Gasteiger partial charge on any atom is 0.159 e. The minimum absolute atomic E-state index is 0.311. The molecule has 2 unspecified atom stereocenters. The van der Waals surface area contributed by atoms with E-state index in [4.69, 9.17) is 4.74 Å². The van der Waals surface area contributed by atoms with Gasteiger partial charge in [-0.1, -0.05) is 0 Å². The smallest absolute Gasteiger partial charge is 0.159 e. The zero-order valence-electron chi connectivity index (χ0n) is 11.2. The van der Waals surface area contributed by atoms with Gasteiger partial charge in [-0.15, -0.1) is 0 Å². The second-order valence-electron chi connectivity index (χ2n) is 4.69. The van der Waals surface area contributed by atoms with Gasteiger partial charge < -0.3 is 10.1 Å². The van der Waals surface area contributed by atoms with Crippen molar-refractivity contribution in [1.82, 2.24) is 9.78 Å². The molecule has 1 N–H and O–H groups in total. The van der Waals surface area contributed by atoms with E-state index in [1.807, 2.05) is 0 Å². The van der Waals surface area contributed by atoms with E-state index in [9.17, 15) is 8.78 Å².